The van der Waals surface area contributed by atoms with Gasteiger partial charge in [-0.2, -0.15) is 0 Å². The molecule has 0 bridgehead atoms. The smallest absolute Gasteiger partial charge is 0.230 e. The normalized spacial score (nSPS) is 20.2. The lowest BCUT2D eigenvalue weighted by atomic mass is 9.94. The summed E-state index contributed by atoms with van der Waals surface area (Å²) in [7, 11) is 0. The Hall–Kier alpha value is -1.59. The number of rotatable bonds is 6. The summed E-state index contributed by atoms with van der Waals surface area (Å²) in [5.74, 6) is -0.124. The molecule has 1 saturated carbocycles. The van der Waals surface area contributed by atoms with Crippen LogP contribution < -0.4 is 16.4 Å². The number of anilines is 1. The minimum absolute atomic E-state index is 0. The average molecular weight is 326 g/mol. The summed E-state index contributed by atoms with van der Waals surface area (Å²) < 4.78 is 0. The zero-order valence-electron chi connectivity index (χ0n) is 12.6. The van der Waals surface area contributed by atoms with Gasteiger partial charge in [0.2, 0.25) is 11.8 Å². The minimum atomic E-state index is -0.398. The Balaban J connectivity index is 0.00000242. The van der Waals surface area contributed by atoms with E-state index in [0.717, 1.165) is 24.9 Å². The third kappa shape index (κ3) is 4.45. The maximum Gasteiger partial charge on any atom is 0.230 e. The number of carbonyl (C=O) groups excluding carboxylic acids is 2. The number of nitrogens with zero attached hydrogens (tertiary/aromatic N) is 1. The van der Waals surface area contributed by atoms with Crippen molar-refractivity contribution in [2.45, 2.75) is 25.7 Å². The van der Waals surface area contributed by atoms with Crippen LogP contribution >= 0.6 is 12.4 Å². The average Bonchev–Trinajstić information content (AvgIpc) is 2.96. The van der Waals surface area contributed by atoms with Crippen molar-refractivity contribution in [3.05, 3.63) is 30.3 Å². The minimum Gasteiger partial charge on any atom is -0.370 e. The Kier molecular flexibility index (Phi) is 7.35. The lowest BCUT2D eigenvalue weighted by Gasteiger charge is -2.28. The number of benzene rings is 1. The molecule has 122 valence electrons. The summed E-state index contributed by atoms with van der Waals surface area (Å²) in [4.78, 5) is 25.6. The van der Waals surface area contributed by atoms with E-state index in [0.29, 0.717) is 13.1 Å². The molecule has 0 spiro atoms. The van der Waals surface area contributed by atoms with Crippen LogP contribution in [-0.4, -0.2) is 24.9 Å². The molecule has 0 heterocycles. The van der Waals surface area contributed by atoms with E-state index < -0.39 is 5.91 Å². The van der Waals surface area contributed by atoms with Crippen molar-refractivity contribution in [3.63, 3.8) is 0 Å². The fourth-order valence-corrected chi connectivity index (χ4v) is 3.04. The Labute approximate surface area is 137 Å². The molecule has 2 rings (SSSR count). The summed E-state index contributed by atoms with van der Waals surface area (Å²) in [5.41, 5.74) is 11.8. The molecule has 6 heteroatoms. The number of nitrogens with two attached hydrogens (primary N) is 2. The molecule has 0 aromatic heterocycles. The first-order valence-electron chi connectivity index (χ1n) is 7.48. The monoisotopic (exact) mass is 325 g/mol. The van der Waals surface area contributed by atoms with Crippen molar-refractivity contribution in [1.29, 1.82) is 0 Å². The van der Waals surface area contributed by atoms with Gasteiger partial charge in [0.15, 0.2) is 0 Å². The Morgan fingerprint density at radius 1 is 1.18 bits per heavy atom. The van der Waals surface area contributed by atoms with Crippen molar-refractivity contribution in [3.8, 4) is 0 Å². The second-order valence-corrected chi connectivity index (χ2v) is 5.57. The van der Waals surface area contributed by atoms with E-state index in [9.17, 15) is 9.59 Å². The molecule has 0 radical (unpaired) electrons. The molecule has 1 aliphatic carbocycles. The van der Waals surface area contributed by atoms with Gasteiger partial charge in [0.25, 0.3) is 0 Å². The molecule has 1 aromatic rings. The fourth-order valence-electron chi connectivity index (χ4n) is 3.04. The van der Waals surface area contributed by atoms with Crippen LogP contribution in [0.5, 0.6) is 0 Å². The van der Waals surface area contributed by atoms with Gasteiger partial charge in [-0.3, -0.25) is 9.59 Å². The van der Waals surface area contributed by atoms with Crippen LogP contribution in [0.4, 0.5) is 5.69 Å². The van der Waals surface area contributed by atoms with E-state index in [2.05, 4.69) is 0 Å². The number of hydrogen-bond donors (Lipinski definition) is 2. The molecule has 2 amide bonds. The van der Waals surface area contributed by atoms with Crippen LogP contribution in [0.1, 0.15) is 25.7 Å². The van der Waals surface area contributed by atoms with Gasteiger partial charge < -0.3 is 16.4 Å². The van der Waals surface area contributed by atoms with Gasteiger partial charge in [0, 0.05) is 24.6 Å². The highest BCUT2D eigenvalue weighted by Crippen LogP contribution is 2.33. The van der Waals surface area contributed by atoms with Crippen LogP contribution in [0.2, 0.25) is 0 Å². The molecule has 4 N–H and O–H groups in total. The second-order valence-electron chi connectivity index (χ2n) is 5.57. The first kappa shape index (κ1) is 18.5. The number of carbonyl (C=O) groups is 2. The molecule has 1 aromatic carbocycles. The quantitative estimate of drug-likeness (QED) is 0.834. The molecule has 0 saturated heterocycles. The summed E-state index contributed by atoms with van der Waals surface area (Å²) >= 11 is 0. The van der Waals surface area contributed by atoms with Gasteiger partial charge in [-0.1, -0.05) is 24.6 Å². The molecule has 5 nitrogen and oxygen atoms in total. The van der Waals surface area contributed by atoms with Crippen LogP contribution in [0.25, 0.3) is 0 Å². The third-order valence-corrected chi connectivity index (χ3v) is 4.19. The summed E-state index contributed by atoms with van der Waals surface area (Å²) in [5, 5.41) is 0. The predicted molar refractivity (Wildman–Crippen MR) is 89.7 cm³/mol. The maximum absolute atomic E-state index is 12.8. The van der Waals surface area contributed by atoms with E-state index in [1.165, 1.54) is 0 Å². The number of amides is 2. The summed E-state index contributed by atoms with van der Waals surface area (Å²) in [6, 6.07) is 9.43. The number of hydrogen-bond acceptors (Lipinski definition) is 3. The summed E-state index contributed by atoms with van der Waals surface area (Å²) in [6.45, 7) is 0.862. The van der Waals surface area contributed by atoms with Gasteiger partial charge in [0.1, 0.15) is 0 Å². The van der Waals surface area contributed by atoms with Crippen molar-refractivity contribution < 1.29 is 9.59 Å². The number of para-hydroxylation sites is 1. The van der Waals surface area contributed by atoms with Crippen LogP contribution in [0, 0.1) is 11.8 Å². The van der Waals surface area contributed by atoms with E-state index >= 15 is 0 Å². The van der Waals surface area contributed by atoms with Crippen molar-refractivity contribution in [2.24, 2.45) is 23.3 Å². The van der Waals surface area contributed by atoms with Gasteiger partial charge in [-0.25, -0.2) is 0 Å². The van der Waals surface area contributed by atoms with Crippen molar-refractivity contribution in [1.82, 2.24) is 0 Å². The van der Waals surface area contributed by atoms with Crippen LogP contribution in [0.15, 0.2) is 30.3 Å². The first-order chi connectivity index (χ1) is 10.1. The molecule has 1 aliphatic rings. The van der Waals surface area contributed by atoms with E-state index in [1.807, 2.05) is 30.3 Å². The van der Waals surface area contributed by atoms with E-state index in [1.54, 1.807) is 4.90 Å². The highest BCUT2D eigenvalue weighted by molar-refractivity contribution is 5.96. The zero-order chi connectivity index (χ0) is 15.2. The number of halogens is 1. The molecular formula is C16H24ClN3O2. The van der Waals surface area contributed by atoms with E-state index in [4.69, 9.17) is 11.5 Å². The lowest BCUT2D eigenvalue weighted by molar-refractivity contribution is -0.123. The molecule has 0 aliphatic heterocycles. The molecule has 2 atom stereocenters. The lowest BCUT2D eigenvalue weighted by Crippen LogP contribution is -2.40. The van der Waals surface area contributed by atoms with Crippen LogP contribution in [0.3, 0.4) is 0 Å². The summed E-state index contributed by atoms with van der Waals surface area (Å²) in [6.07, 6.45) is 3.09. The van der Waals surface area contributed by atoms with Crippen LogP contribution in [-0.2, 0) is 9.59 Å². The van der Waals surface area contributed by atoms with Gasteiger partial charge >= 0.3 is 0 Å². The predicted octanol–water partition coefficient (Wildman–Crippen LogP) is 1.69. The molecule has 22 heavy (non-hydrogen) atoms. The molecule has 0 unspecified atom stereocenters. The Bertz CT molecular complexity index is 495. The Morgan fingerprint density at radius 3 is 2.45 bits per heavy atom. The van der Waals surface area contributed by atoms with Crippen molar-refractivity contribution >= 4 is 29.9 Å². The van der Waals surface area contributed by atoms with E-state index in [-0.39, 0.29) is 36.6 Å². The van der Waals surface area contributed by atoms with Gasteiger partial charge in [-0.05, 0) is 37.4 Å². The standard InChI is InChI=1S/C16H23N3O2.ClH/c17-11-12-5-4-8-14(12)16(21)19(10-9-15(18)20)13-6-2-1-3-7-13;/h1-3,6-7,12,14H,4-5,8-11,17H2,(H2,18,20);1H/t12-,14-;/m1./s1. The number of primary amides is 1. The largest absolute Gasteiger partial charge is 0.370 e. The second kappa shape index (κ2) is 8.76. The van der Waals surface area contributed by atoms with Gasteiger partial charge in [-0.15, -0.1) is 12.4 Å². The molecular weight excluding hydrogens is 302 g/mol. The SMILES string of the molecule is Cl.NC[C@H]1CCC[C@H]1C(=O)N(CCC(N)=O)c1ccccc1. The highest BCUT2D eigenvalue weighted by atomic mass is 35.5. The zero-order valence-corrected chi connectivity index (χ0v) is 13.4. The topological polar surface area (TPSA) is 89.4 Å². The van der Waals surface area contributed by atoms with Gasteiger partial charge in [0.05, 0.1) is 0 Å². The maximum atomic E-state index is 12.8. The first-order valence-corrected chi connectivity index (χ1v) is 7.48. The fraction of sp³-hybridized carbons (Fsp3) is 0.500. The highest BCUT2D eigenvalue weighted by Gasteiger charge is 2.35. The molecule has 1 fully saturated rings. The third-order valence-electron chi connectivity index (χ3n) is 4.19. The Morgan fingerprint density at radius 2 is 1.86 bits per heavy atom. The van der Waals surface area contributed by atoms with Crippen molar-refractivity contribution in [2.75, 3.05) is 18.0 Å².